The number of thiocarbonyl (C=S) groups is 1. The molecule has 1 heterocycles. The number of nitrogens with zero attached hydrogens (tertiary/aromatic N) is 1. The number of carbonyl (C=O) groups is 2. The van der Waals surface area contributed by atoms with Gasteiger partial charge in [-0.2, -0.15) is 0 Å². The molecule has 0 bridgehead atoms. The van der Waals surface area contributed by atoms with Crippen LogP contribution in [0.15, 0.2) is 23.1 Å². The summed E-state index contributed by atoms with van der Waals surface area (Å²) in [5, 5.41) is 12.1. The number of amides is 2. The van der Waals surface area contributed by atoms with Gasteiger partial charge in [0.1, 0.15) is 22.4 Å². The molecule has 21 heavy (non-hydrogen) atoms. The Morgan fingerprint density at radius 1 is 1.57 bits per heavy atom. The van der Waals surface area contributed by atoms with E-state index >= 15 is 0 Å². The average Bonchev–Trinajstić information content (AvgIpc) is 2.70. The zero-order valence-electron chi connectivity index (χ0n) is 10.9. The van der Waals surface area contributed by atoms with Crippen molar-refractivity contribution in [2.45, 2.75) is 0 Å². The Bertz CT molecular complexity index is 661. The first-order valence-electron chi connectivity index (χ1n) is 5.87. The van der Waals surface area contributed by atoms with Crippen LogP contribution in [0.4, 0.5) is 4.39 Å². The molecule has 1 aromatic carbocycles. The first kappa shape index (κ1) is 15.5. The molecule has 0 aliphatic carbocycles. The smallest absolute Gasteiger partial charge is 0.266 e. The summed E-state index contributed by atoms with van der Waals surface area (Å²) >= 11 is 6.05. The van der Waals surface area contributed by atoms with Crippen molar-refractivity contribution < 1.29 is 19.1 Å². The van der Waals surface area contributed by atoms with Gasteiger partial charge < -0.3 is 10.4 Å². The first-order chi connectivity index (χ1) is 9.92. The predicted octanol–water partition coefficient (Wildman–Crippen LogP) is 1.48. The summed E-state index contributed by atoms with van der Waals surface area (Å²) in [5.41, 5.74) is 0.176. The van der Waals surface area contributed by atoms with E-state index in [-0.39, 0.29) is 33.0 Å². The molecule has 110 valence electrons. The first-order valence-corrected chi connectivity index (χ1v) is 7.09. The van der Waals surface area contributed by atoms with Crippen molar-refractivity contribution in [2.24, 2.45) is 0 Å². The maximum Gasteiger partial charge on any atom is 0.266 e. The molecule has 1 aliphatic heterocycles. The molecule has 0 aromatic heterocycles. The van der Waals surface area contributed by atoms with Gasteiger partial charge in [0, 0.05) is 12.6 Å². The van der Waals surface area contributed by atoms with E-state index in [2.05, 4.69) is 5.32 Å². The molecule has 1 saturated heterocycles. The van der Waals surface area contributed by atoms with Crippen molar-refractivity contribution >= 4 is 46.2 Å². The summed E-state index contributed by atoms with van der Waals surface area (Å²) in [7, 11) is 1.46. The van der Waals surface area contributed by atoms with E-state index in [9.17, 15) is 19.1 Å². The largest absolute Gasteiger partial charge is 0.507 e. The predicted molar refractivity (Wildman–Crippen MR) is 82.0 cm³/mol. The normalized spacial score (nSPS) is 16.7. The molecular weight excluding hydrogens is 315 g/mol. The number of aromatic hydroxyl groups is 1. The molecule has 1 fully saturated rings. The van der Waals surface area contributed by atoms with Crippen LogP contribution in [0, 0.1) is 5.82 Å². The van der Waals surface area contributed by atoms with Crippen LogP contribution in [0.25, 0.3) is 6.08 Å². The minimum absolute atomic E-state index is 0.145. The Labute approximate surface area is 129 Å². The minimum Gasteiger partial charge on any atom is -0.507 e. The highest BCUT2D eigenvalue weighted by Gasteiger charge is 2.33. The number of nitrogens with one attached hydrogen (secondary N) is 1. The molecule has 2 amide bonds. The highest BCUT2D eigenvalue weighted by Crippen LogP contribution is 2.33. The number of phenolic OH excluding ortho intramolecular Hbond substituents is 1. The van der Waals surface area contributed by atoms with Crippen molar-refractivity contribution in [3.05, 3.63) is 34.5 Å². The zero-order chi connectivity index (χ0) is 15.6. The highest BCUT2D eigenvalue weighted by molar-refractivity contribution is 8.26. The van der Waals surface area contributed by atoms with Crippen LogP contribution >= 0.6 is 24.0 Å². The monoisotopic (exact) mass is 326 g/mol. The molecule has 0 saturated carbocycles. The van der Waals surface area contributed by atoms with E-state index < -0.39 is 11.7 Å². The maximum absolute atomic E-state index is 13.2. The summed E-state index contributed by atoms with van der Waals surface area (Å²) < 4.78 is 13.4. The van der Waals surface area contributed by atoms with E-state index in [0.29, 0.717) is 0 Å². The minimum atomic E-state index is -0.528. The molecule has 1 aromatic rings. The van der Waals surface area contributed by atoms with Gasteiger partial charge in [0.2, 0.25) is 5.91 Å². The van der Waals surface area contributed by atoms with Crippen LogP contribution in [-0.2, 0) is 9.59 Å². The van der Waals surface area contributed by atoms with Crippen molar-refractivity contribution in [2.75, 3.05) is 13.6 Å². The fourth-order valence-electron chi connectivity index (χ4n) is 1.64. The van der Waals surface area contributed by atoms with Crippen LogP contribution < -0.4 is 5.32 Å². The molecule has 0 unspecified atom stereocenters. The summed E-state index contributed by atoms with van der Waals surface area (Å²) in [5.74, 6) is -1.47. The fourth-order valence-corrected chi connectivity index (χ4v) is 2.89. The highest BCUT2D eigenvalue weighted by atomic mass is 32.2. The molecule has 0 radical (unpaired) electrons. The van der Waals surface area contributed by atoms with E-state index in [4.69, 9.17) is 12.2 Å². The molecule has 5 nitrogen and oxygen atoms in total. The quantitative estimate of drug-likeness (QED) is 0.650. The number of phenols is 1. The Hall–Kier alpha value is -1.93. The number of thioether (sulfide) groups is 1. The topological polar surface area (TPSA) is 69.6 Å². The molecular formula is C13H11FN2O3S2. The van der Waals surface area contributed by atoms with Gasteiger partial charge in [0.15, 0.2) is 0 Å². The second kappa shape index (κ2) is 6.23. The SMILES string of the molecule is CNC(=O)CN1C(=O)/C(=C/c2cc(F)ccc2O)SC1=S. The third-order valence-corrected chi connectivity index (χ3v) is 4.11. The third-order valence-electron chi connectivity index (χ3n) is 2.73. The Kier molecular flexibility index (Phi) is 4.59. The summed E-state index contributed by atoms with van der Waals surface area (Å²) in [4.78, 5) is 24.9. The van der Waals surface area contributed by atoms with Gasteiger partial charge in [0.25, 0.3) is 5.91 Å². The lowest BCUT2D eigenvalue weighted by Gasteiger charge is -2.12. The number of likely N-dealkylation sites (N-methyl/N-ethyl adjacent to an activating group) is 1. The second-order valence-corrected chi connectivity index (χ2v) is 5.82. The van der Waals surface area contributed by atoms with Crippen LogP contribution in [0.1, 0.15) is 5.56 Å². The van der Waals surface area contributed by atoms with Gasteiger partial charge >= 0.3 is 0 Å². The standard InChI is InChI=1S/C13H11FN2O3S2/c1-15-11(18)6-16-12(19)10(21-13(16)20)5-7-4-8(14)2-3-9(7)17/h2-5,17H,6H2,1H3,(H,15,18)/b10-5-. The summed E-state index contributed by atoms with van der Waals surface area (Å²) in [6, 6.07) is 3.43. The molecule has 0 spiro atoms. The number of hydrogen-bond donors (Lipinski definition) is 2. The van der Waals surface area contributed by atoms with Gasteiger partial charge in [-0.25, -0.2) is 4.39 Å². The van der Waals surface area contributed by atoms with E-state index in [1.54, 1.807) is 0 Å². The van der Waals surface area contributed by atoms with Crippen molar-refractivity contribution in [3.63, 3.8) is 0 Å². The lowest BCUT2D eigenvalue weighted by Crippen LogP contribution is -2.38. The Morgan fingerprint density at radius 2 is 2.29 bits per heavy atom. The van der Waals surface area contributed by atoms with Crippen LogP contribution in [0.3, 0.4) is 0 Å². The molecule has 2 rings (SSSR count). The van der Waals surface area contributed by atoms with Gasteiger partial charge in [-0.05, 0) is 24.3 Å². The zero-order valence-corrected chi connectivity index (χ0v) is 12.6. The van der Waals surface area contributed by atoms with Crippen molar-refractivity contribution in [1.82, 2.24) is 10.2 Å². The van der Waals surface area contributed by atoms with Crippen LogP contribution in [0.5, 0.6) is 5.75 Å². The Balaban J connectivity index is 2.28. The van der Waals surface area contributed by atoms with Gasteiger partial charge in [-0.15, -0.1) is 0 Å². The number of carbonyl (C=O) groups excluding carboxylic acids is 2. The summed E-state index contributed by atoms with van der Waals surface area (Å²) in [6.45, 7) is -0.173. The average molecular weight is 326 g/mol. The second-order valence-electron chi connectivity index (χ2n) is 4.14. The van der Waals surface area contributed by atoms with Gasteiger partial charge in [-0.1, -0.05) is 24.0 Å². The molecule has 0 atom stereocenters. The van der Waals surface area contributed by atoms with Crippen molar-refractivity contribution in [1.29, 1.82) is 0 Å². The lowest BCUT2D eigenvalue weighted by atomic mass is 10.2. The van der Waals surface area contributed by atoms with Gasteiger partial charge in [0.05, 0.1) is 4.91 Å². The number of benzene rings is 1. The van der Waals surface area contributed by atoms with Crippen LogP contribution in [-0.4, -0.2) is 39.7 Å². The summed E-state index contributed by atoms with van der Waals surface area (Å²) in [6.07, 6.45) is 1.35. The number of halogens is 1. The van der Waals surface area contributed by atoms with E-state index in [1.165, 1.54) is 19.2 Å². The molecule has 2 N–H and O–H groups in total. The lowest BCUT2D eigenvalue weighted by molar-refractivity contribution is -0.128. The maximum atomic E-state index is 13.2. The van der Waals surface area contributed by atoms with Gasteiger partial charge in [-0.3, -0.25) is 14.5 Å². The van der Waals surface area contributed by atoms with Crippen molar-refractivity contribution in [3.8, 4) is 5.75 Å². The molecule has 1 aliphatic rings. The third kappa shape index (κ3) is 3.40. The van der Waals surface area contributed by atoms with E-state index in [0.717, 1.165) is 28.8 Å². The molecule has 8 heteroatoms. The Morgan fingerprint density at radius 3 is 2.95 bits per heavy atom. The number of hydrogen-bond acceptors (Lipinski definition) is 5. The fraction of sp³-hybridized carbons (Fsp3) is 0.154. The number of rotatable bonds is 3. The van der Waals surface area contributed by atoms with E-state index in [1.807, 2.05) is 0 Å². The van der Waals surface area contributed by atoms with Crippen LogP contribution in [0.2, 0.25) is 0 Å².